The number of amides is 1. The van der Waals surface area contributed by atoms with Crippen LogP contribution in [0.5, 0.6) is 0 Å². The van der Waals surface area contributed by atoms with E-state index in [1.165, 1.54) is 23.8 Å². The fourth-order valence-electron chi connectivity index (χ4n) is 3.23. The van der Waals surface area contributed by atoms with Crippen molar-refractivity contribution in [3.63, 3.8) is 0 Å². The van der Waals surface area contributed by atoms with Gasteiger partial charge >= 0.3 is 0 Å². The van der Waals surface area contributed by atoms with Crippen LogP contribution in [0.4, 0.5) is 4.39 Å². The Morgan fingerprint density at radius 1 is 1.30 bits per heavy atom. The lowest BCUT2D eigenvalue weighted by molar-refractivity contribution is -0.135. The smallest absolute Gasteiger partial charge is 0.226 e. The first-order chi connectivity index (χ1) is 11.1. The third-order valence-corrected chi connectivity index (χ3v) is 4.52. The number of rotatable bonds is 3. The second-order valence-corrected chi connectivity index (χ2v) is 5.99. The van der Waals surface area contributed by atoms with E-state index < -0.39 is 11.9 Å². The summed E-state index contributed by atoms with van der Waals surface area (Å²) >= 11 is 0. The second-order valence-electron chi connectivity index (χ2n) is 5.99. The molecule has 120 valence electrons. The van der Waals surface area contributed by atoms with E-state index in [4.69, 9.17) is 0 Å². The molecular weight excluding hydrogens is 293 g/mol. The lowest BCUT2D eigenvalue weighted by atomic mass is 9.93. The van der Waals surface area contributed by atoms with Crippen LogP contribution < -0.4 is 0 Å². The molecule has 2 aromatic rings. The van der Waals surface area contributed by atoms with Gasteiger partial charge in [0.05, 0.1) is 18.6 Å². The summed E-state index contributed by atoms with van der Waals surface area (Å²) in [6.45, 7) is 2.65. The minimum Gasteiger partial charge on any atom is -0.388 e. The molecule has 3 rings (SSSR count). The Hall–Kier alpha value is -2.20. The standard InChI is InChI=1S/C19H20FNO2/c1-13-17-8-3-2-5-14(17)9-10-21(13)19(23)12-18(22)15-6-4-7-16(20)11-15/h2-8,11,13,18,22H,9-10,12H2,1H3. The first kappa shape index (κ1) is 15.7. The van der Waals surface area contributed by atoms with E-state index in [0.717, 1.165) is 12.0 Å². The van der Waals surface area contributed by atoms with Crippen LogP contribution in [-0.2, 0) is 11.2 Å². The number of hydrogen-bond donors (Lipinski definition) is 1. The van der Waals surface area contributed by atoms with Crippen molar-refractivity contribution < 1.29 is 14.3 Å². The number of aliphatic hydroxyl groups is 1. The van der Waals surface area contributed by atoms with E-state index in [-0.39, 0.29) is 18.4 Å². The third kappa shape index (κ3) is 3.27. The van der Waals surface area contributed by atoms with Gasteiger partial charge in [0.25, 0.3) is 0 Å². The van der Waals surface area contributed by atoms with Crippen molar-refractivity contribution in [2.24, 2.45) is 0 Å². The van der Waals surface area contributed by atoms with Gasteiger partial charge in [0.1, 0.15) is 5.82 Å². The lowest BCUT2D eigenvalue weighted by Crippen LogP contribution is -2.39. The Kier molecular flexibility index (Phi) is 4.44. The first-order valence-corrected chi connectivity index (χ1v) is 7.87. The fourth-order valence-corrected chi connectivity index (χ4v) is 3.23. The summed E-state index contributed by atoms with van der Waals surface area (Å²) in [5.74, 6) is -0.516. The molecule has 0 spiro atoms. The summed E-state index contributed by atoms with van der Waals surface area (Å²) in [5.41, 5.74) is 2.87. The molecule has 1 aliphatic heterocycles. The van der Waals surface area contributed by atoms with E-state index in [2.05, 4.69) is 6.07 Å². The molecule has 4 heteroatoms. The highest BCUT2D eigenvalue weighted by Crippen LogP contribution is 2.30. The minimum absolute atomic E-state index is 0.00726. The summed E-state index contributed by atoms with van der Waals surface area (Å²) in [4.78, 5) is 14.4. The van der Waals surface area contributed by atoms with Gasteiger partial charge in [-0.2, -0.15) is 0 Å². The van der Waals surface area contributed by atoms with Crippen LogP contribution in [0.1, 0.15) is 42.2 Å². The highest BCUT2D eigenvalue weighted by atomic mass is 19.1. The SMILES string of the molecule is CC1c2ccccc2CCN1C(=O)CC(O)c1cccc(F)c1. The average molecular weight is 313 g/mol. The predicted octanol–water partition coefficient (Wildman–Crippen LogP) is 3.40. The van der Waals surface area contributed by atoms with E-state index in [0.29, 0.717) is 12.1 Å². The van der Waals surface area contributed by atoms with Crippen molar-refractivity contribution in [2.75, 3.05) is 6.54 Å². The van der Waals surface area contributed by atoms with Crippen LogP contribution in [0.25, 0.3) is 0 Å². The molecule has 23 heavy (non-hydrogen) atoms. The Labute approximate surface area is 135 Å². The van der Waals surface area contributed by atoms with Gasteiger partial charge in [-0.3, -0.25) is 4.79 Å². The zero-order chi connectivity index (χ0) is 16.4. The highest BCUT2D eigenvalue weighted by Gasteiger charge is 2.28. The molecule has 2 aromatic carbocycles. The average Bonchev–Trinajstić information content (AvgIpc) is 2.55. The number of benzene rings is 2. The molecule has 0 aromatic heterocycles. The molecule has 0 bridgehead atoms. The van der Waals surface area contributed by atoms with Crippen molar-refractivity contribution in [1.29, 1.82) is 0 Å². The van der Waals surface area contributed by atoms with Crippen molar-refractivity contribution in [2.45, 2.75) is 31.9 Å². The summed E-state index contributed by atoms with van der Waals surface area (Å²) < 4.78 is 13.2. The van der Waals surface area contributed by atoms with Gasteiger partial charge in [-0.1, -0.05) is 36.4 Å². The van der Waals surface area contributed by atoms with Crippen molar-refractivity contribution >= 4 is 5.91 Å². The van der Waals surface area contributed by atoms with Crippen molar-refractivity contribution in [1.82, 2.24) is 4.90 Å². The maximum atomic E-state index is 13.2. The largest absolute Gasteiger partial charge is 0.388 e. The van der Waals surface area contributed by atoms with Gasteiger partial charge in [-0.05, 0) is 42.2 Å². The number of halogens is 1. The molecule has 2 unspecified atom stereocenters. The zero-order valence-corrected chi connectivity index (χ0v) is 13.1. The molecule has 0 radical (unpaired) electrons. The summed E-state index contributed by atoms with van der Waals surface area (Å²) in [7, 11) is 0. The molecule has 1 aliphatic rings. The summed E-state index contributed by atoms with van der Waals surface area (Å²) in [5, 5.41) is 10.2. The molecule has 0 saturated heterocycles. The molecule has 0 aliphatic carbocycles. The Morgan fingerprint density at radius 3 is 2.87 bits per heavy atom. The van der Waals surface area contributed by atoms with Gasteiger partial charge in [0.15, 0.2) is 0 Å². The quantitative estimate of drug-likeness (QED) is 0.943. The summed E-state index contributed by atoms with van der Waals surface area (Å²) in [6.07, 6.45) is -0.194. The zero-order valence-electron chi connectivity index (χ0n) is 13.1. The van der Waals surface area contributed by atoms with Gasteiger partial charge in [0, 0.05) is 6.54 Å². The molecule has 3 nitrogen and oxygen atoms in total. The lowest BCUT2D eigenvalue weighted by Gasteiger charge is -2.35. The van der Waals surface area contributed by atoms with E-state index in [1.807, 2.05) is 25.1 Å². The number of hydrogen-bond acceptors (Lipinski definition) is 2. The van der Waals surface area contributed by atoms with Crippen LogP contribution in [0.3, 0.4) is 0 Å². The van der Waals surface area contributed by atoms with Crippen molar-refractivity contribution in [3.05, 3.63) is 71.0 Å². The third-order valence-electron chi connectivity index (χ3n) is 4.52. The van der Waals surface area contributed by atoms with Crippen LogP contribution in [0, 0.1) is 5.82 Å². The van der Waals surface area contributed by atoms with Crippen LogP contribution >= 0.6 is 0 Å². The first-order valence-electron chi connectivity index (χ1n) is 7.87. The second kappa shape index (κ2) is 6.50. The Bertz CT molecular complexity index is 716. The van der Waals surface area contributed by atoms with Gasteiger partial charge < -0.3 is 10.0 Å². The molecule has 2 atom stereocenters. The fraction of sp³-hybridized carbons (Fsp3) is 0.316. The Balaban J connectivity index is 1.72. The molecule has 1 N–H and O–H groups in total. The maximum absolute atomic E-state index is 13.2. The van der Waals surface area contributed by atoms with Gasteiger partial charge in [-0.15, -0.1) is 0 Å². The normalized spacial score (nSPS) is 18.4. The minimum atomic E-state index is -0.984. The van der Waals surface area contributed by atoms with Crippen LogP contribution in [0.2, 0.25) is 0 Å². The summed E-state index contributed by atoms with van der Waals surface area (Å²) in [6, 6.07) is 13.9. The van der Waals surface area contributed by atoms with Gasteiger partial charge in [-0.25, -0.2) is 4.39 Å². The number of fused-ring (bicyclic) bond motifs is 1. The number of carbonyl (C=O) groups excluding carboxylic acids is 1. The van der Waals surface area contributed by atoms with Crippen LogP contribution in [-0.4, -0.2) is 22.5 Å². The van der Waals surface area contributed by atoms with E-state index in [1.54, 1.807) is 11.0 Å². The topological polar surface area (TPSA) is 40.5 Å². The molecule has 0 fully saturated rings. The van der Waals surface area contributed by atoms with E-state index in [9.17, 15) is 14.3 Å². The maximum Gasteiger partial charge on any atom is 0.226 e. The van der Waals surface area contributed by atoms with Crippen molar-refractivity contribution in [3.8, 4) is 0 Å². The molecular formula is C19H20FNO2. The highest BCUT2D eigenvalue weighted by molar-refractivity contribution is 5.77. The number of nitrogens with zero attached hydrogens (tertiary/aromatic N) is 1. The Morgan fingerprint density at radius 2 is 2.09 bits per heavy atom. The van der Waals surface area contributed by atoms with Gasteiger partial charge in [0.2, 0.25) is 5.91 Å². The molecule has 1 amide bonds. The number of aliphatic hydroxyl groups excluding tert-OH is 1. The predicted molar refractivity (Wildman–Crippen MR) is 86.3 cm³/mol. The van der Waals surface area contributed by atoms with Crippen LogP contribution in [0.15, 0.2) is 48.5 Å². The number of carbonyl (C=O) groups is 1. The molecule has 0 saturated carbocycles. The monoisotopic (exact) mass is 313 g/mol. The van der Waals surface area contributed by atoms with E-state index >= 15 is 0 Å². The molecule has 1 heterocycles.